The van der Waals surface area contributed by atoms with Gasteiger partial charge in [-0.1, -0.05) is 51.5 Å². The number of benzene rings is 1. The number of rotatable bonds is 9. The van der Waals surface area contributed by atoms with Crippen molar-refractivity contribution >= 4 is 38.9 Å². The highest BCUT2D eigenvalue weighted by atomic mass is 35.5. The molecule has 0 aromatic heterocycles. The molecule has 0 spiro atoms. The van der Waals surface area contributed by atoms with E-state index in [0.717, 1.165) is 18.9 Å². The van der Waals surface area contributed by atoms with Crippen LogP contribution in [0.1, 0.15) is 85.5 Å². The Morgan fingerprint density at radius 1 is 1.14 bits per heavy atom. The van der Waals surface area contributed by atoms with Crippen LogP contribution in [0.3, 0.4) is 0 Å². The van der Waals surface area contributed by atoms with E-state index >= 15 is 4.39 Å². The van der Waals surface area contributed by atoms with Crippen LogP contribution >= 0.6 is 11.6 Å². The number of hydrogen-bond acceptors (Lipinski definition) is 4. The number of carbonyl (C=O) groups excluding carboxylic acids is 1. The van der Waals surface area contributed by atoms with E-state index in [0.29, 0.717) is 6.61 Å². The molecule has 1 aliphatic rings. The fraction of sp³-hybridized carbons (Fsp3) is 0.731. The molecule has 0 saturated carbocycles. The summed E-state index contributed by atoms with van der Waals surface area (Å²) in [4.78, 5) is 13.5. The second-order valence-electron chi connectivity index (χ2n) is 13.0. The summed E-state index contributed by atoms with van der Waals surface area (Å²) in [6, 6.07) is 2.56. The Kier molecular flexibility index (Phi) is 9.23. The minimum atomic E-state index is -0.993. The monoisotopic (exact) mass is 527 g/mol. The van der Waals surface area contributed by atoms with Gasteiger partial charge in [-0.25, -0.2) is 4.39 Å². The predicted octanol–water partition coefficient (Wildman–Crippen LogP) is 5.98. The molecular formula is C26H44BClFNO4Si. The molecule has 1 amide bonds. The van der Waals surface area contributed by atoms with E-state index in [1.165, 1.54) is 6.07 Å². The lowest BCUT2D eigenvalue weighted by atomic mass is 9.77. The number of ether oxygens (including phenoxy) is 1. The lowest BCUT2D eigenvalue weighted by Crippen LogP contribution is -2.46. The van der Waals surface area contributed by atoms with E-state index in [-0.39, 0.29) is 33.1 Å². The Morgan fingerprint density at radius 2 is 1.69 bits per heavy atom. The highest BCUT2D eigenvalue weighted by Gasteiger charge is 2.53. The normalized spacial score (nSPS) is 17.7. The van der Waals surface area contributed by atoms with Crippen molar-refractivity contribution in [3.8, 4) is 5.75 Å². The van der Waals surface area contributed by atoms with Gasteiger partial charge in [-0.05, 0) is 65.9 Å². The molecule has 1 aliphatic heterocycles. The lowest BCUT2D eigenvalue weighted by molar-refractivity contribution is 0.00578. The second kappa shape index (κ2) is 10.7. The van der Waals surface area contributed by atoms with Gasteiger partial charge in [0.2, 0.25) is 0 Å². The average molecular weight is 528 g/mol. The molecule has 1 saturated heterocycles. The van der Waals surface area contributed by atoms with Crippen molar-refractivity contribution in [2.45, 2.75) is 111 Å². The van der Waals surface area contributed by atoms with Gasteiger partial charge in [-0.15, -0.1) is 0 Å². The van der Waals surface area contributed by atoms with Crippen molar-refractivity contribution in [3.05, 3.63) is 22.5 Å². The zero-order valence-corrected chi connectivity index (χ0v) is 25.4. The first-order chi connectivity index (χ1) is 15.8. The molecule has 35 heavy (non-hydrogen) atoms. The summed E-state index contributed by atoms with van der Waals surface area (Å²) in [5.41, 5.74) is -1.54. The van der Waals surface area contributed by atoms with Crippen LogP contribution in [0.25, 0.3) is 0 Å². The number of carbonyl (C=O) groups is 1. The van der Waals surface area contributed by atoms with Crippen molar-refractivity contribution in [2.75, 3.05) is 6.61 Å². The van der Waals surface area contributed by atoms with Crippen LogP contribution in [0, 0.1) is 11.2 Å². The molecule has 0 aliphatic carbocycles. The Hall–Kier alpha value is -1.09. The van der Waals surface area contributed by atoms with Gasteiger partial charge in [-0.3, -0.25) is 4.79 Å². The van der Waals surface area contributed by atoms with E-state index in [1.54, 1.807) is 0 Å². The van der Waals surface area contributed by atoms with E-state index in [1.807, 2.05) is 41.5 Å². The maximum atomic E-state index is 15.6. The number of hydrogen-bond donors (Lipinski definition) is 1. The topological polar surface area (TPSA) is 56.8 Å². The van der Waals surface area contributed by atoms with Gasteiger partial charge in [0.1, 0.15) is 10.8 Å². The number of amides is 1. The van der Waals surface area contributed by atoms with E-state index in [9.17, 15) is 4.79 Å². The highest BCUT2D eigenvalue weighted by Crippen LogP contribution is 2.39. The SMILES string of the molecule is C[SiH](C)CCCOc1c(C(=O)NC(C)(C)CC(C)(C)C)cc(B2OC(C)(C)C(C)(C)O2)c(F)c1Cl. The van der Waals surface area contributed by atoms with Crippen molar-refractivity contribution in [3.63, 3.8) is 0 Å². The highest BCUT2D eigenvalue weighted by molar-refractivity contribution is 6.62. The number of halogens is 2. The molecule has 5 nitrogen and oxygen atoms in total. The molecular weight excluding hydrogens is 484 g/mol. The Morgan fingerprint density at radius 3 is 2.17 bits per heavy atom. The van der Waals surface area contributed by atoms with Crippen molar-refractivity contribution in [2.24, 2.45) is 5.41 Å². The quantitative estimate of drug-likeness (QED) is 0.317. The fourth-order valence-electron chi connectivity index (χ4n) is 4.49. The smallest absolute Gasteiger partial charge is 0.491 e. The summed E-state index contributed by atoms with van der Waals surface area (Å²) >= 11 is 6.50. The third kappa shape index (κ3) is 7.70. The zero-order valence-electron chi connectivity index (χ0n) is 23.4. The maximum absolute atomic E-state index is 15.6. The predicted molar refractivity (Wildman–Crippen MR) is 147 cm³/mol. The second-order valence-corrected chi connectivity index (χ2v) is 16.8. The summed E-state index contributed by atoms with van der Waals surface area (Å²) in [6.45, 7) is 22.8. The summed E-state index contributed by atoms with van der Waals surface area (Å²) in [7, 11) is -1.74. The molecule has 198 valence electrons. The summed E-state index contributed by atoms with van der Waals surface area (Å²) in [5, 5.41) is 2.88. The van der Waals surface area contributed by atoms with Gasteiger partial charge in [0.15, 0.2) is 5.75 Å². The molecule has 1 aromatic rings. The Labute approximate surface area is 218 Å². The van der Waals surface area contributed by atoms with Crippen molar-refractivity contribution < 1.29 is 23.2 Å². The van der Waals surface area contributed by atoms with Gasteiger partial charge in [0.25, 0.3) is 5.91 Å². The molecule has 0 unspecified atom stereocenters. The molecule has 1 heterocycles. The lowest BCUT2D eigenvalue weighted by Gasteiger charge is -2.33. The minimum absolute atomic E-state index is 0.00510. The maximum Gasteiger partial charge on any atom is 0.497 e. The fourth-order valence-corrected chi connectivity index (χ4v) is 5.74. The van der Waals surface area contributed by atoms with Crippen molar-refractivity contribution in [1.29, 1.82) is 0 Å². The van der Waals surface area contributed by atoms with Crippen LogP contribution in [-0.4, -0.2) is 45.2 Å². The van der Waals surface area contributed by atoms with Crippen LogP contribution in [0.15, 0.2) is 6.07 Å². The molecule has 2 rings (SSSR count). The van der Waals surface area contributed by atoms with E-state index in [4.69, 9.17) is 25.6 Å². The van der Waals surface area contributed by atoms with Crippen molar-refractivity contribution in [1.82, 2.24) is 5.32 Å². The van der Waals surface area contributed by atoms with Gasteiger partial charge in [0, 0.05) is 19.8 Å². The van der Waals surface area contributed by atoms with Crippen LogP contribution in [0.2, 0.25) is 24.2 Å². The molecule has 0 atom stereocenters. The molecule has 9 heteroatoms. The zero-order chi connectivity index (χ0) is 27.0. The van der Waals surface area contributed by atoms with Gasteiger partial charge in [-0.2, -0.15) is 0 Å². The van der Waals surface area contributed by atoms with Gasteiger partial charge in [0.05, 0.1) is 23.4 Å². The minimum Gasteiger partial charge on any atom is -0.491 e. The third-order valence-corrected chi connectivity index (χ3v) is 8.44. The Balaban J connectivity index is 2.48. The van der Waals surface area contributed by atoms with E-state index < -0.39 is 38.5 Å². The molecule has 1 N–H and O–H groups in total. The molecule has 1 fully saturated rings. The number of nitrogens with one attached hydrogen (secondary N) is 1. The first-order valence-electron chi connectivity index (χ1n) is 12.6. The molecule has 0 bridgehead atoms. The van der Waals surface area contributed by atoms with Crippen LogP contribution in [0.4, 0.5) is 4.39 Å². The first kappa shape index (κ1) is 30.1. The van der Waals surface area contributed by atoms with Gasteiger partial charge < -0.3 is 19.4 Å². The summed E-state index contributed by atoms with van der Waals surface area (Å²) in [6.07, 6.45) is 1.58. The summed E-state index contributed by atoms with van der Waals surface area (Å²) in [5.74, 6) is -0.991. The summed E-state index contributed by atoms with van der Waals surface area (Å²) < 4.78 is 33.6. The molecule has 1 aromatic carbocycles. The van der Waals surface area contributed by atoms with Crippen LogP contribution < -0.4 is 15.5 Å². The first-order valence-corrected chi connectivity index (χ1v) is 16.1. The Bertz CT molecular complexity index is 915. The van der Waals surface area contributed by atoms with Crippen LogP contribution in [-0.2, 0) is 9.31 Å². The van der Waals surface area contributed by atoms with E-state index in [2.05, 4.69) is 39.2 Å². The largest absolute Gasteiger partial charge is 0.497 e. The van der Waals surface area contributed by atoms with Gasteiger partial charge >= 0.3 is 7.12 Å². The molecule has 0 radical (unpaired) electrons. The third-order valence-electron chi connectivity index (χ3n) is 6.54. The standard InChI is InChI=1S/C26H44BClFNO4Si/c1-23(2,3)16-24(4,5)30-22(31)17-15-18(27-33-25(6,7)26(8,9)34-27)20(29)19(28)21(17)32-13-12-14-35(10)11/h15,35H,12-14,16H2,1-11H3,(H,30,31). The average Bonchev–Trinajstić information content (AvgIpc) is 2.86. The van der Waals surface area contributed by atoms with Crippen LogP contribution in [0.5, 0.6) is 5.75 Å².